The minimum absolute atomic E-state index is 0.0553. The Balaban J connectivity index is 2.07. The molecule has 0 aromatic heterocycles. The lowest BCUT2D eigenvalue weighted by atomic mass is 10.1. The van der Waals surface area contributed by atoms with Crippen molar-refractivity contribution in [1.29, 1.82) is 0 Å². The van der Waals surface area contributed by atoms with Crippen molar-refractivity contribution >= 4 is 27.5 Å². The predicted molar refractivity (Wildman–Crippen MR) is 92.0 cm³/mol. The van der Waals surface area contributed by atoms with Gasteiger partial charge in [0.15, 0.2) is 9.84 Å². The van der Waals surface area contributed by atoms with E-state index in [1.807, 2.05) is 17.0 Å². The molecule has 0 aliphatic carbocycles. The largest absolute Gasteiger partial charge is 0.395 e. The van der Waals surface area contributed by atoms with Crippen LogP contribution in [0, 0.1) is 6.57 Å². The molecule has 1 aromatic carbocycles. The molecule has 2 N–H and O–H groups in total. The average Bonchev–Trinajstić information content (AvgIpc) is 2.58. The SMILES string of the molecule is [C-]#[N+]C(=Cc1ccc(N2CCS(=O)(=O)CC2)cc1)C(=O)NCCO. The van der Waals surface area contributed by atoms with Crippen LogP contribution in [0.3, 0.4) is 0 Å². The van der Waals surface area contributed by atoms with Crippen LogP contribution in [0.15, 0.2) is 30.0 Å². The highest BCUT2D eigenvalue weighted by Crippen LogP contribution is 2.19. The van der Waals surface area contributed by atoms with Crippen LogP contribution in [0.1, 0.15) is 5.56 Å². The van der Waals surface area contributed by atoms with Gasteiger partial charge >= 0.3 is 0 Å². The van der Waals surface area contributed by atoms with E-state index in [2.05, 4.69) is 10.2 Å². The van der Waals surface area contributed by atoms with E-state index in [1.54, 1.807) is 12.1 Å². The van der Waals surface area contributed by atoms with E-state index in [0.29, 0.717) is 18.7 Å². The van der Waals surface area contributed by atoms with Crippen LogP contribution >= 0.6 is 0 Å². The summed E-state index contributed by atoms with van der Waals surface area (Å²) in [7, 11) is -2.92. The molecular weight excluding hydrogens is 330 g/mol. The summed E-state index contributed by atoms with van der Waals surface area (Å²) in [5, 5.41) is 11.1. The molecule has 0 saturated carbocycles. The van der Waals surface area contributed by atoms with Gasteiger partial charge in [0.25, 0.3) is 5.70 Å². The van der Waals surface area contributed by atoms with Crippen molar-refractivity contribution < 1.29 is 18.3 Å². The monoisotopic (exact) mass is 349 g/mol. The van der Waals surface area contributed by atoms with Gasteiger partial charge in [-0.15, -0.1) is 0 Å². The highest BCUT2D eigenvalue weighted by atomic mass is 32.2. The van der Waals surface area contributed by atoms with Crippen LogP contribution in [0.25, 0.3) is 10.9 Å². The van der Waals surface area contributed by atoms with Crippen molar-refractivity contribution in [2.24, 2.45) is 0 Å². The third-order valence-electron chi connectivity index (χ3n) is 3.66. The number of aliphatic hydroxyl groups excluding tert-OH is 1. The quantitative estimate of drug-likeness (QED) is 0.589. The van der Waals surface area contributed by atoms with Crippen LogP contribution < -0.4 is 10.2 Å². The number of nitrogens with zero attached hydrogens (tertiary/aromatic N) is 2. The third-order valence-corrected chi connectivity index (χ3v) is 5.27. The number of carbonyl (C=O) groups excluding carboxylic acids is 1. The zero-order valence-corrected chi connectivity index (χ0v) is 13.9. The van der Waals surface area contributed by atoms with Crippen LogP contribution in [-0.4, -0.2) is 57.2 Å². The van der Waals surface area contributed by atoms with E-state index in [4.69, 9.17) is 11.7 Å². The fourth-order valence-corrected chi connectivity index (χ4v) is 3.52. The Morgan fingerprint density at radius 2 is 1.92 bits per heavy atom. The lowest BCUT2D eigenvalue weighted by Crippen LogP contribution is -2.40. The van der Waals surface area contributed by atoms with Gasteiger partial charge in [-0.05, 0) is 23.8 Å². The molecule has 2 rings (SSSR count). The Labute approximate surface area is 141 Å². The first-order valence-corrected chi connectivity index (χ1v) is 9.31. The van der Waals surface area contributed by atoms with Crippen molar-refractivity contribution in [1.82, 2.24) is 5.32 Å². The number of nitrogens with one attached hydrogen (secondary N) is 1. The number of aliphatic hydroxyl groups is 1. The number of hydrogen-bond donors (Lipinski definition) is 2. The molecule has 1 aliphatic heterocycles. The van der Waals surface area contributed by atoms with E-state index in [-0.39, 0.29) is 30.4 Å². The number of hydrogen-bond acceptors (Lipinski definition) is 5. The van der Waals surface area contributed by atoms with Gasteiger partial charge in [0.05, 0.1) is 24.7 Å². The van der Waals surface area contributed by atoms with Crippen LogP contribution in [0.2, 0.25) is 0 Å². The number of anilines is 1. The summed E-state index contributed by atoms with van der Waals surface area (Å²) in [5.41, 5.74) is 1.56. The molecule has 7 nitrogen and oxygen atoms in total. The maximum Gasteiger partial charge on any atom is 0.250 e. The summed E-state index contributed by atoms with van der Waals surface area (Å²) in [6.45, 7) is 7.93. The number of carbonyl (C=O) groups is 1. The number of benzene rings is 1. The van der Waals surface area contributed by atoms with Gasteiger partial charge in [-0.3, -0.25) is 4.79 Å². The first kappa shape index (κ1) is 18.0. The number of sulfone groups is 1. The Morgan fingerprint density at radius 1 is 1.29 bits per heavy atom. The Bertz CT molecular complexity index is 750. The molecule has 1 heterocycles. The van der Waals surface area contributed by atoms with Crippen LogP contribution in [0.5, 0.6) is 0 Å². The van der Waals surface area contributed by atoms with E-state index in [1.165, 1.54) is 6.08 Å². The van der Waals surface area contributed by atoms with Gasteiger partial charge in [-0.2, -0.15) is 0 Å². The zero-order chi connectivity index (χ0) is 17.6. The Morgan fingerprint density at radius 3 is 2.46 bits per heavy atom. The molecule has 8 heteroatoms. The van der Waals surface area contributed by atoms with Crippen molar-refractivity contribution in [2.45, 2.75) is 0 Å². The molecule has 1 aromatic rings. The van der Waals surface area contributed by atoms with Gasteiger partial charge < -0.3 is 15.3 Å². The Kier molecular flexibility index (Phi) is 5.95. The van der Waals surface area contributed by atoms with Gasteiger partial charge in [0.2, 0.25) is 5.91 Å². The maximum atomic E-state index is 11.7. The van der Waals surface area contributed by atoms with Crippen LogP contribution in [-0.2, 0) is 14.6 Å². The summed E-state index contributed by atoms with van der Waals surface area (Å²) in [6.07, 6.45) is 1.48. The summed E-state index contributed by atoms with van der Waals surface area (Å²) in [5.74, 6) is -0.215. The Hall–Kier alpha value is -2.37. The van der Waals surface area contributed by atoms with Gasteiger partial charge in [0, 0.05) is 25.3 Å². The van der Waals surface area contributed by atoms with Gasteiger partial charge in [-0.25, -0.2) is 13.3 Å². The van der Waals surface area contributed by atoms with Crippen molar-refractivity contribution in [3.8, 4) is 0 Å². The summed E-state index contributed by atoms with van der Waals surface area (Å²) >= 11 is 0. The smallest absolute Gasteiger partial charge is 0.250 e. The van der Waals surface area contributed by atoms with E-state index in [9.17, 15) is 13.2 Å². The van der Waals surface area contributed by atoms with E-state index >= 15 is 0 Å². The highest BCUT2D eigenvalue weighted by molar-refractivity contribution is 7.91. The second kappa shape index (κ2) is 7.95. The molecule has 0 radical (unpaired) electrons. The van der Waals surface area contributed by atoms with Crippen LogP contribution in [0.4, 0.5) is 5.69 Å². The molecular formula is C16H19N3O4S. The fraction of sp³-hybridized carbons (Fsp3) is 0.375. The zero-order valence-electron chi connectivity index (χ0n) is 13.1. The first-order valence-electron chi connectivity index (χ1n) is 7.49. The summed E-state index contributed by atoms with van der Waals surface area (Å²) in [4.78, 5) is 16.9. The van der Waals surface area contributed by atoms with Gasteiger partial charge in [-0.1, -0.05) is 12.1 Å². The fourth-order valence-electron chi connectivity index (χ4n) is 2.32. The molecule has 1 fully saturated rings. The number of amides is 1. The molecule has 0 spiro atoms. The molecule has 128 valence electrons. The van der Waals surface area contributed by atoms with Crippen molar-refractivity contribution in [2.75, 3.05) is 42.6 Å². The normalized spacial score (nSPS) is 17.2. The lowest BCUT2D eigenvalue weighted by Gasteiger charge is -2.28. The van der Waals surface area contributed by atoms with Crippen molar-refractivity contribution in [3.63, 3.8) is 0 Å². The molecule has 1 aliphatic rings. The van der Waals surface area contributed by atoms with Crippen molar-refractivity contribution in [3.05, 3.63) is 46.9 Å². The second-order valence-electron chi connectivity index (χ2n) is 5.35. The standard InChI is InChI=1S/C16H19N3O4S/c1-17-15(16(21)18-6-9-20)12-13-2-4-14(5-3-13)19-7-10-24(22,23)11-8-19/h2-5,12,20H,6-11H2,(H,18,21). The van der Waals surface area contributed by atoms with Gasteiger partial charge in [0.1, 0.15) is 0 Å². The summed E-state index contributed by atoms with van der Waals surface area (Å²) < 4.78 is 22.9. The predicted octanol–water partition coefficient (Wildman–Crippen LogP) is 0.290. The second-order valence-corrected chi connectivity index (χ2v) is 7.65. The minimum Gasteiger partial charge on any atom is -0.395 e. The third kappa shape index (κ3) is 4.81. The molecule has 0 atom stereocenters. The molecule has 0 unspecified atom stereocenters. The van der Waals surface area contributed by atoms with E-state index < -0.39 is 15.7 Å². The first-order chi connectivity index (χ1) is 11.4. The lowest BCUT2D eigenvalue weighted by molar-refractivity contribution is -0.117. The maximum absolute atomic E-state index is 11.7. The highest BCUT2D eigenvalue weighted by Gasteiger charge is 2.21. The molecule has 0 bridgehead atoms. The summed E-state index contributed by atoms with van der Waals surface area (Å²) in [6, 6.07) is 7.25. The topological polar surface area (TPSA) is 91.1 Å². The average molecular weight is 349 g/mol. The molecule has 24 heavy (non-hydrogen) atoms. The molecule has 1 amide bonds. The molecule has 1 saturated heterocycles. The minimum atomic E-state index is -2.92. The number of rotatable bonds is 5. The van der Waals surface area contributed by atoms with E-state index in [0.717, 1.165) is 5.69 Å².